The molecule has 1 aliphatic carbocycles. The Morgan fingerprint density at radius 3 is 3.08 bits per heavy atom. The SMILES string of the molecule is NC1CC(NCc2ncn[nH]2)C1. The smallest absolute Gasteiger partial charge is 0.138 e. The number of hydrogen-bond acceptors (Lipinski definition) is 4. The summed E-state index contributed by atoms with van der Waals surface area (Å²) in [5.41, 5.74) is 5.64. The van der Waals surface area contributed by atoms with Crippen molar-refractivity contribution in [3.8, 4) is 0 Å². The molecule has 66 valence electrons. The Bertz CT molecular complexity index is 226. The van der Waals surface area contributed by atoms with E-state index < -0.39 is 0 Å². The van der Waals surface area contributed by atoms with Crippen LogP contribution in [0.25, 0.3) is 0 Å². The molecule has 0 bridgehead atoms. The Kier molecular flexibility index (Phi) is 2.05. The van der Waals surface area contributed by atoms with Gasteiger partial charge in [0.15, 0.2) is 0 Å². The van der Waals surface area contributed by atoms with Crippen molar-refractivity contribution >= 4 is 0 Å². The third-order valence-corrected chi connectivity index (χ3v) is 2.20. The summed E-state index contributed by atoms with van der Waals surface area (Å²) >= 11 is 0. The Balaban J connectivity index is 1.70. The molecule has 0 atom stereocenters. The van der Waals surface area contributed by atoms with Crippen molar-refractivity contribution in [1.82, 2.24) is 20.5 Å². The summed E-state index contributed by atoms with van der Waals surface area (Å²) in [4.78, 5) is 4.01. The van der Waals surface area contributed by atoms with Gasteiger partial charge in [-0.25, -0.2) is 4.98 Å². The van der Waals surface area contributed by atoms with Gasteiger partial charge in [0.2, 0.25) is 0 Å². The zero-order valence-electron chi connectivity index (χ0n) is 6.83. The van der Waals surface area contributed by atoms with Crippen molar-refractivity contribution in [3.63, 3.8) is 0 Å². The lowest BCUT2D eigenvalue weighted by Crippen LogP contribution is -2.48. The second-order valence-electron chi connectivity index (χ2n) is 3.24. The van der Waals surface area contributed by atoms with Gasteiger partial charge in [0, 0.05) is 12.1 Å². The van der Waals surface area contributed by atoms with Gasteiger partial charge in [-0.2, -0.15) is 5.10 Å². The fourth-order valence-corrected chi connectivity index (χ4v) is 1.39. The molecule has 5 nitrogen and oxygen atoms in total. The second-order valence-corrected chi connectivity index (χ2v) is 3.24. The van der Waals surface area contributed by atoms with Gasteiger partial charge < -0.3 is 11.1 Å². The molecule has 0 aromatic carbocycles. The highest BCUT2D eigenvalue weighted by atomic mass is 15.2. The number of aromatic nitrogens is 3. The molecule has 2 rings (SSSR count). The largest absolute Gasteiger partial charge is 0.328 e. The Hall–Kier alpha value is -0.940. The van der Waals surface area contributed by atoms with Crippen LogP contribution < -0.4 is 11.1 Å². The molecule has 1 fully saturated rings. The third kappa shape index (κ3) is 1.62. The predicted molar refractivity (Wildman–Crippen MR) is 44.2 cm³/mol. The molecule has 1 heterocycles. The van der Waals surface area contributed by atoms with Crippen LogP contribution in [0.4, 0.5) is 0 Å². The van der Waals surface area contributed by atoms with E-state index in [9.17, 15) is 0 Å². The summed E-state index contributed by atoms with van der Waals surface area (Å²) in [6.07, 6.45) is 3.67. The minimum absolute atomic E-state index is 0.400. The monoisotopic (exact) mass is 167 g/mol. The van der Waals surface area contributed by atoms with E-state index in [2.05, 4.69) is 20.5 Å². The molecule has 0 saturated heterocycles. The van der Waals surface area contributed by atoms with Crippen molar-refractivity contribution < 1.29 is 0 Å². The first-order chi connectivity index (χ1) is 5.84. The summed E-state index contributed by atoms with van der Waals surface area (Å²) in [5, 5.41) is 9.89. The van der Waals surface area contributed by atoms with Crippen LogP contribution in [0.5, 0.6) is 0 Å². The lowest BCUT2D eigenvalue weighted by Gasteiger charge is -2.32. The molecule has 0 amide bonds. The highest BCUT2D eigenvalue weighted by Gasteiger charge is 2.24. The molecular formula is C7H13N5. The number of aromatic amines is 1. The van der Waals surface area contributed by atoms with Gasteiger partial charge in [0.1, 0.15) is 12.2 Å². The molecule has 0 aliphatic heterocycles. The van der Waals surface area contributed by atoms with E-state index in [1.165, 1.54) is 6.33 Å². The van der Waals surface area contributed by atoms with Crippen LogP contribution in [-0.4, -0.2) is 27.3 Å². The highest BCUT2D eigenvalue weighted by Crippen LogP contribution is 2.17. The molecule has 1 aliphatic rings. The highest BCUT2D eigenvalue weighted by molar-refractivity contribution is 4.89. The maximum atomic E-state index is 5.64. The van der Waals surface area contributed by atoms with E-state index >= 15 is 0 Å². The van der Waals surface area contributed by atoms with Crippen molar-refractivity contribution in [2.45, 2.75) is 31.5 Å². The Labute approximate surface area is 70.8 Å². The minimum Gasteiger partial charge on any atom is -0.328 e. The first kappa shape index (κ1) is 7.70. The number of H-pyrrole nitrogens is 1. The van der Waals surface area contributed by atoms with Crippen LogP contribution in [0, 0.1) is 0 Å². The minimum atomic E-state index is 0.400. The van der Waals surface area contributed by atoms with Gasteiger partial charge in [-0.3, -0.25) is 5.10 Å². The topological polar surface area (TPSA) is 79.6 Å². The number of hydrogen-bond donors (Lipinski definition) is 3. The van der Waals surface area contributed by atoms with E-state index in [-0.39, 0.29) is 0 Å². The number of nitrogens with zero attached hydrogens (tertiary/aromatic N) is 2. The first-order valence-electron chi connectivity index (χ1n) is 4.18. The van der Waals surface area contributed by atoms with Crippen LogP contribution in [0.2, 0.25) is 0 Å². The molecule has 0 spiro atoms. The molecule has 12 heavy (non-hydrogen) atoms. The molecule has 0 unspecified atom stereocenters. The molecule has 5 heteroatoms. The molecular weight excluding hydrogens is 154 g/mol. The summed E-state index contributed by atoms with van der Waals surface area (Å²) in [6.45, 7) is 0.761. The fraction of sp³-hybridized carbons (Fsp3) is 0.714. The number of rotatable bonds is 3. The van der Waals surface area contributed by atoms with Gasteiger partial charge in [-0.1, -0.05) is 0 Å². The molecule has 1 saturated carbocycles. The maximum Gasteiger partial charge on any atom is 0.138 e. The quantitative estimate of drug-likeness (QED) is 0.560. The van der Waals surface area contributed by atoms with Crippen LogP contribution in [-0.2, 0) is 6.54 Å². The zero-order chi connectivity index (χ0) is 8.39. The Morgan fingerprint density at radius 1 is 1.67 bits per heavy atom. The van der Waals surface area contributed by atoms with Crippen LogP contribution in [0.3, 0.4) is 0 Å². The van der Waals surface area contributed by atoms with Crippen LogP contribution in [0.1, 0.15) is 18.7 Å². The molecule has 1 aromatic rings. The van der Waals surface area contributed by atoms with Crippen LogP contribution in [0.15, 0.2) is 6.33 Å². The second kappa shape index (κ2) is 3.20. The van der Waals surface area contributed by atoms with Gasteiger partial charge in [0.05, 0.1) is 6.54 Å². The Morgan fingerprint density at radius 2 is 2.50 bits per heavy atom. The average Bonchev–Trinajstić information content (AvgIpc) is 2.47. The van der Waals surface area contributed by atoms with Gasteiger partial charge in [-0.15, -0.1) is 0 Å². The molecule has 1 aromatic heterocycles. The van der Waals surface area contributed by atoms with Gasteiger partial charge in [0.25, 0.3) is 0 Å². The molecule has 4 N–H and O–H groups in total. The zero-order valence-corrected chi connectivity index (χ0v) is 6.83. The standard InChI is InChI=1S/C7H13N5/c8-5-1-6(2-5)9-3-7-10-4-11-12-7/h4-6,9H,1-3,8H2,(H,10,11,12). The predicted octanol–water partition coefficient (Wildman–Crippen LogP) is -0.616. The summed E-state index contributed by atoms with van der Waals surface area (Å²) in [6, 6.07) is 0.974. The van der Waals surface area contributed by atoms with Crippen molar-refractivity contribution in [1.29, 1.82) is 0 Å². The van der Waals surface area contributed by atoms with E-state index in [1.807, 2.05) is 0 Å². The van der Waals surface area contributed by atoms with Crippen LogP contribution >= 0.6 is 0 Å². The van der Waals surface area contributed by atoms with Crippen molar-refractivity contribution in [2.75, 3.05) is 0 Å². The third-order valence-electron chi connectivity index (χ3n) is 2.20. The van der Waals surface area contributed by atoms with E-state index in [0.29, 0.717) is 12.1 Å². The lowest BCUT2D eigenvalue weighted by molar-refractivity contribution is 0.289. The number of nitrogens with two attached hydrogens (primary N) is 1. The fourth-order valence-electron chi connectivity index (χ4n) is 1.39. The lowest BCUT2D eigenvalue weighted by atomic mass is 9.88. The van der Waals surface area contributed by atoms with E-state index in [4.69, 9.17) is 5.73 Å². The molecule has 0 radical (unpaired) electrons. The van der Waals surface area contributed by atoms with Crippen molar-refractivity contribution in [2.24, 2.45) is 5.73 Å². The van der Waals surface area contributed by atoms with Gasteiger partial charge >= 0.3 is 0 Å². The van der Waals surface area contributed by atoms with E-state index in [1.54, 1.807) is 0 Å². The summed E-state index contributed by atoms with van der Waals surface area (Å²) < 4.78 is 0. The summed E-state index contributed by atoms with van der Waals surface area (Å²) in [5.74, 6) is 0.885. The average molecular weight is 167 g/mol. The number of nitrogens with one attached hydrogen (secondary N) is 2. The van der Waals surface area contributed by atoms with Crippen molar-refractivity contribution in [3.05, 3.63) is 12.2 Å². The summed E-state index contributed by atoms with van der Waals surface area (Å²) in [7, 11) is 0. The van der Waals surface area contributed by atoms with Gasteiger partial charge in [-0.05, 0) is 12.8 Å². The first-order valence-corrected chi connectivity index (χ1v) is 4.18. The normalized spacial score (nSPS) is 28.4. The maximum absolute atomic E-state index is 5.64. The van der Waals surface area contributed by atoms with E-state index in [0.717, 1.165) is 25.2 Å².